The molecule has 2 unspecified atom stereocenters. The molecule has 242 valence electrons. The molecule has 0 saturated carbocycles. The molecule has 6 heterocycles. The van der Waals surface area contributed by atoms with E-state index in [-0.39, 0.29) is 34.1 Å². The van der Waals surface area contributed by atoms with Crippen molar-refractivity contribution in [2.75, 3.05) is 30.8 Å². The Morgan fingerprint density at radius 2 is 1.96 bits per heavy atom. The molecule has 4 aromatic heterocycles. The van der Waals surface area contributed by atoms with Gasteiger partial charge in [0.15, 0.2) is 47.6 Å². The van der Waals surface area contributed by atoms with Crippen LogP contribution in [0.4, 0.5) is 24.9 Å². The number of nitrogens with one attached hydrogen (secondary N) is 1. The van der Waals surface area contributed by atoms with Crippen LogP contribution in [0.1, 0.15) is 6.23 Å². The second kappa shape index (κ2) is 11.4. The fourth-order valence-electron chi connectivity index (χ4n) is 5.07. The number of H-pyrrole nitrogens is 1. The van der Waals surface area contributed by atoms with Crippen LogP contribution >= 0.6 is 26.0 Å². The molecule has 8 atom stereocenters. The molecule has 2 aliphatic rings. The summed E-state index contributed by atoms with van der Waals surface area (Å²) in [5, 5.41) is 11.0. The lowest BCUT2D eigenvalue weighted by Gasteiger charge is -2.30. The summed E-state index contributed by atoms with van der Waals surface area (Å²) in [6.07, 6.45) is -7.67. The van der Waals surface area contributed by atoms with Crippen LogP contribution in [-0.4, -0.2) is 98.8 Å². The second-order valence-electron chi connectivity index (χ2n) is 10.0. The van der Waals surface area contributed by atoms with Crippen molar-refractivity contribution in [3.63, 3.8) is 0 Å². The van der Waals surface area contributed by atoms with Gasteiger partial charge in [-0.25, -0.2) is 33.1 Å². The number of aliphatic hydroxyl groups is 1. The van der Waals surface area contributed by atoms with Gasteiger partial charge in [0.1, 0.15) is 43.4 Å². The highest BCUT2D eigenvalue weighted by Gasteiger charge is 2.63. The first kappa shape index (κ1) is 32.1. The largest absolute Gasteiger partial charge is 0.582 e. The SMILES string of the molecule is Nc1nc2c(ncn2[C@@H]2O[C@H](CO[P+](=O)S)C(F)(F)[C@H]2OP(O)(=S)C[C@H]2OC[C@@](F)(n3cnc4c(N)ncnc43)[C@@H]2O)c(=O)[nH]1. The summed E-state index contributed by atoms with van der Waals surface area (Å²) in [5.74, 6) is -7.08. The Labute approximate surface area is 259 Å². The van der Waals surface area contributed by atoms with E-state index in [0.717, 1.165) is 28.1 Å². The summed E-state index contributed by atoms with van der Waals surface area (Å²) in [4.78, 5) is 45.2. The Morgan fingerprint density at radius 1 is 1.22 bits per heavy atom. The van der Waals surface area contributed by atoms with E-state index >= 15 is 13.2 Å². The molecular formula is C20H22F3N10O8P2S2+. The van der Waals surface area contributed by atoms with Gasteiger partial charge < -0.3 is 35.5 Å². The predicted octanol–water partition coefficient (Wildman–Crippen LogP) is 0.329. The maximum absolute atomic E-state index is 16.2. The number of aromatic amines is 1. The number of nitrogens with zero attached hydrogens (tertiary/aromatic N) is 7. The molecule has 0 radical (unpaired) electrons. The number of hydrogen-bond donors (Lipinski definition) is 6. The Balaban J connectivity index is 1.29. The lowest BCUT2D eigenvalue weighted by atomic mass is 10.1. The third-order valence-corrected chi connectivity index (χ3v) is 9.99. The van der Waals surface area contributed by atoms with Crippen molar-refractivity contribution in [1.82, 2.24) is 39.0 Å². The Kier molecular flexibility index (Phi) is 8.16. The van der Waals surface area contributed by atoms with Gasteiger partial charge in [-0.3, -0.25) is 18.9 Å². The van der Waals surface area contributed by atoms with E-state index in [1.807, 2.05) is 0 Å². The fraction of sp³-hybridized carbons (Fsp3) is 0.500. The van der Waals surface area contributed by atoms with Gasteiger partial charge in [0.05, 0.1) is 24.9 Å². The zero-order valence-electron chi connectivity index (χ0n) is 22.3. The summed E-state index contributed by atoms with van der Waals surface area (Å²) in [6.45, 7) is -6.08. The molecule has 0 bridgehead atoms. The molecule has 2 saturated heterocycles. The van der Waals surface area contributed by atoms with E-state index < -0.39 is 81.0 Å². The van der Waals surface area contributed by atoms with Gasteiger partial charge in [0.25, 0.3) is 5.56 Å². The number of fused-ring (bicyclic) bond motifs is 2. The number of aromatic nitrogens is 8. The highest BCUT2D eigenvalue weighted by atomic mass is 32.7. The van der Waals surface area contributed by atoms with E-state index in [0.29, 0.717) is 0 Å². The van der Waals surface area contributed by atoms with Gasteiger partial charge in [-0.15, -0.1) is 4.52 Å². The first-order chi connectivity index (χ1) is 21.1. The number of rotatable bonds is 9. The number of thiol groups is 1. The highest BCUT2D eigenvalue weighted by Crippen LogP contribution is 2.55. The van der Waals surface area contributed by atoms with Crippen molar-refractivity contribution in [3.8, 4) is 0 Å². The number of hydrogen-bond acceptors (Lipinski definition) is 15. The van der Waals surface area contributed by atoms with Crippen molar-refractivity contribution in [1.29, 1.82) is 0 Å². The van der Waals surface area contributed by atoms with Gasteiger partial charge >= 0.3 is 13.2 Å². The zero-order chi connectivity index (χ0) is 32.5. The van der Waals surface area contributed by atoms with Crippen molar-refractivity contribution >= 4 is 71.9 Å². The van der Waals surface area contributed by atoms with Crippen LogP contribution in [0, 0.1) is 0 Å². The average Bonchev–Trinajstić information content (AvgIpc) is 3.70. The minimum absolute atomic E-state index is 0.0427. The summed E-state index contributed by atoms with van der Waals surface area (Å²) >= 11 is 8.73. The number of nitrogens with two attached hydrogens (primary N) is 2. The van der Waals surface area contributed by atoms with E-state index in [1.54, 1.807) is 0 Å². The number of anilines is 2. The second-order valence-corrected chi connectivity index (χ2v) is 15.3. The van der Waals surface area contributed by atoms with Crippen LogP contribution in [0.3, 0.4) is 0 Å². The maximum atomic E-state index is 16.2. The zero-order valence-corrected chi connectivity index (χ0v) is 25.8. The number of nitrogen functional groups attached to an aromatic ring is 2. The molecule has 25 heteroatoms. The molecule has 2 aliphatic heterocycles. The summed E-state index contributed by atoms with van der Waals surface area (Å²) in [5.41, 5.74) is 10.0. The Bertz CT molecular complexity index is 1920. The molecule has 0 aromatic carbocycles. The quantitative estimate of drug-likeness (QED) is 0.101. The molecule has 0 spiro atoms. The van der Waals surface area contributed by atoms with E-state index in [2.05, 4.69) is 42.2 Å². The monoisotopic (exact) mass is 713 g/mol. The molecule has 45 heavy (non-hydrogen) atoms. The topological polar surface area (TPSA) is 254 Å². The third-order valence-electron chi connectivity index (χ3n) is 7.19. The first-order valence-electron chi connectivity index (χ1n) is 12.6. The molecule has 18 nitrogen and oxygen atoms in total. The van der Waals surface area contributed by atoms with Crippen molar-refractivity contribution in [2.45, 2.75) is 42.4 Å². The minimum atomic E-state index is -4.39. The first-order valence-corrected chi connectivity index (χ1v) is 17.8. The number of imidazole rings is 2. The Morgan fingerprint density at radius 3 is 2.69 bits per heavy atom. The van der Waals surface area contributed by atoms with E-state index in [4.69, 9.17) is 41.8 Å². The van der Waals surface area contributed by atoms with Gasteiger partial charge in [-0.1, -0.05) is 0 Å². The number of aliphatic hydroxyl groups excluding tert-OH is 1. The number of halogens is 3. The van der Waals surface area contributed by atoms with Crippen LogP contribution in [0.2, 0.25) is 0 Å². The van der Waals surface area contributed by atoms with Gasteiger partial charge in [0.2, 0.25) is 11.7 Å². The van der Waals surface area contributed by atoms with Crippen LogP contribution in [-0.2, 0) is 40.7 Å². The van der Waals surface area contributed by atoms with Gasteiger partial charge in [-0.2, -0.15) is 4.98 Å². The lowest BCUT2D eigenvalue weighted by molar-refractivity contribution is -0.114. The van der Waals surface area contributed by atoms with Crippen LogP contribution < -0.4 is 17.0 Å². The molecule has 6 rings (SSSR count). The standard InChI is InChI=1S/C20H21F3N10O8P2S2/c21-19(33-6-29-9-13(24)26-4-27-14(9)33)3-38-7(11(19)34)2-43(37,45)41-12-17(40-8(20(12,22)23)1-39-42(36)44)32-5-28-10-15(32)30-18(25)31-16(10)35/h4-8,11-12,17,34H,1-3H2,(H6-,24,25,26,27,30,31,35,36,37,44,45)/p+1/t7-,8-,11-,12+,17-,19-,43?/m1/s1. The maximum Gasteiger partial charge on any atom is 0.582 e. The summed E-state index contributed by atoms with van der Waals surface area (Å²) in [6, 6.07) is 0. The van der Waals surface area contributed by atoms with Gasteiger partial charge in [-0.05, 0) is 16.4 Å². The predicted molar refractivity (Wildman–Crippen MR) is 155 cm³/mol. The smallest absolute Gasteiger partial charge is 0.385 e. The normalized spacial score (nSPS) is 29.8. The van der Waals surface area contributed by atoms with Crippen molar-refractivity contribution in [3.05, 3.63) is 29.3 Å². The molecule has 4 aromatic rings. The van der Waals surface area contributed by atoms with Crippen LogP contribution in [0.5, 0.6) is 0 Å². The van der Waals surface area contributed by atoms with E-state index in [1.165, 1.54) is 0 Å². The highest BCUT2D eigenvalue weighted by molar-refractivity contribution is 8.39. The van der Waals surface area contributed by atoms with Crippen molar-refractivity contribution in [2.24, 2.45) is 0 Å². The van der Waals surface area contributed by atoms with Crippen LogP contribution in [0.15, 0.2) is 23.8 Å². The molecule has 0 aliphatic carbocycles. The summed E-state index contributed by atoms with van der Waals surface area (Å²) < 4.78 is 82.1. The average molecular weight is 714 g/mol. The summed E-state index contributed by atoms with van der Waals surface area (Å²) in [7, 11) is -2.62. The van der Waals surface area contributed by atoms with E-state index in [9.17, 15) is 19.4 Å². The molecule has 7 N–H and O–H groups in total. The van der Waals surface area contributed by atoms with Gasteiger partial charge in [0, 0.05) is 0 Å². The Hall–Kier alpha value is -2.85. The molecule has 2 fully saturated rings. The van der Waals surface area contributed by atoms with Crippen molar-refractivity contribution < 1.29 is 46.3 Å². The lowest BCUT2D eigenvalue weighted by Crippen LogP contribution is -2.44. The van der Waals surface area contributed by atoms with Crippen LogP contribution in [0.25, 0.3) is 22.3 Å². The third kappa shape index (κ3) is 5.60. The molecular weight excluding hydrogens is 691 g/mol. The minimum Gasteiger partial charge on any atom is -0.385 e. The fourth-order valence-corrected chi connectivity index (χ4v) is 7.70. The molecule has 0 amide bonds. The number of ether oxygens (including phenoxy) is 2. The number of alkyl halides is 3.